The minimum atomic E-state index is -0.916. The van der Waals surface area contributed by atoms with Gasteiger partial charge in [-0.05, 0) is 31.6 Å². The van der Waals surface area contributed by atoms with Gasteiger partial charge in [0.1, 0.15) is 6.04 Å². The van der Waals surface area contributed by atoms with Gasteiger partial charge in [0, 0.05) is 10.5 Å². The molecule has 2 unspecified atom stereocenters. The average Bonchev–Trinajstić information content (AvgIpc) is 2.26. The van der Waals surface area contributed by atoms with Gasteiger partial charge in [-0.15, -0.1) is 11.8 Å². The number of allylic oxidation sites excluding steroid dienone is 1. The van der Waals surface area contributed by atoms with Crippen LogP contribution >= 0.6 is 11.8 Å². The standard InChI is InChI=1S/C13H23NO2S/c1-9(2)10-4-6-13(3,7-5-10)17-8-11(14)12(15)16/h4,6,9-11H,5,7-8,14H2,1-3H3,(H,15,16)/t10?,11-,13?/m0/s1. The van der Waals surface area contributed by atoms with Crippen LogP contribution in [-0.4, -0.2) is 27.6 Å². The van der Waals surface area contributed by atoms with Gasteiger partial charge in [0.05, 0.1) is 0 Å². The largest absolute Gasteiger partial charge is 0.480 e. The maximum Gasteiger partial charge on any atom is 0.321 e. The molecule has 0 spiro atoms. The molecule has 0 heterocycles. The van der Waals surface area contributed by atoms with Gasteiger partial charge in [-0.25, -0.2) is 0 Å². The van der Waals surface area contributed by atoms with Crippen molar-refractivity contribution in [1.29, 1.82) is 0 Å². The first-order valence-electron chi connectivity index (χ1n) is 6.16. The lowest BCUT2D eigenvalue weighted by molar-refractivity contribution is -0.137. The van der Waals surface area contributed by atoms with Crippen molar-refractivity contribution in [2.75, 3.05) is 5.75 Å². The summed E-state index contributed by atoms with van der Waals surface area (Å²) in [5.74, 6) is 0.905. The normalized spacial score (nSPS) is 30.5. The number of thioether (sulfide) groups is 1. The number of aliphatic carboxylic acids is 1. The Morgan fingerprint density at radius 2 is 2.29 bits per heavy atom. The number of rotatable bonds is 5. The summed E-state index contributed by atoms with van der Waals surface area (Å²) in [6.45, 7) is 6.65. The van der Waals surface area contributed by atoms with Crippen molar-refractivity contribution in [3.63, 3.8) is 0 Å². The van der Waals surface area contributed by atoms with Gasteiger partial charge >= 0.3 is 5.97 Å². The average molecular weight is 257 g/mol. The van der Waals surface area contributed by atoms with Gasteiger partial charge in [-0.1, -0.05) is 26.0 Å². The topological polar surface area (TPSA) is 63.3 Å². The molecule has 1 aliphatic carbocycles. The maximum atomic E-state index is 10.7. The summed E-state index contributed by atoms with van der Waals surface area (Å²) in [6, 6.07) is -0.756. The highest BCUT2D eigenvalue weighted by atomic mass is 32.2. The second-order valence-electron chi connectivity index (χ2n) is 5.37. The quantitative estimate of drug-likeness (QED) is 0.743. The fourth-order valence-electron chi connectivity index (χ4n) is 1.99. The first-order valence-corrected chi connectivity index (χ1v) is 7.14. The van der Waals surface area contributed by atoms with Crippen LogP contribution in [0, 0.1) is 11.8 Å². The highest BCUT2D eigenvalue weighted by molar-refractivity contribution is 8.00. The smallest absolute Gasteiger partial charge is 0.321 e. The van der Waals surface area contributed by atoms with E-state index in [2.05, 4.69) is 32.9 Å². The second-order valence-corrected chi connectivity index (χ2v) is 6.93. The van der Waals surface area contributed by atoms with E-state index in [0.717, 1.165) is 6.42 Å². The minimum Gasteiger partial charge on any atom is -0.480 e. The Hall–Kier alpha value is -0.480. The zero-order chi connectivity index (χ0) is 13.1. The van der Waals surface area contributed by atoms with Crippen molar-refractivity contribution in [2.24, 2.45) is 17.6 Å². The molecule has 0 saturated heterocycles. The number of nitrogens with two attached hydrogens (primary N) is 1. The Bertz CT molecular complexity index is 304. The van der Waals surface area contributed by atoms with Crippen LogP contribution in [0.1, 0.15) is 33.6 Å². The molecule has 0 aromatic carbocycles. The van der Waals surface area contributed by atoms with E-state index < -0.39 is 12.0 Å². The molecular weight excluding hydrogens is 234 g/mol. The fraction of sp³-hybridized carbons (Fsp3) is 0.769. The third kappa shape index (κ3) is 4.36. The molecule has 1 aliphatic rings. The highest BCUT2D eigenvalue weighted by Gasteiger charge is 2.29. The van der Waals surface area contributed by atoms with Crippen molar-refractivity contribution < 1.29 is 9.90 Å². The van der Waals surface area contributed by atoms with E-state index in [0.29, 0.717) is 17.6 Å². The molecule has 0 amide bonds. The van der Waals surface area contributed by atoms with Crippen LogP contribution < -0.4 is 5.73 Å². The summed E-state index contributed by atoms with van der Waals surface area (Å²) in [5.41, 5.74) is 5.52. The zero-order valence-corrected chi connectivity index (χ0v) is 11.7. The zero-order valence-electron chi connectivity index (χ0n) is 10.8. The molecule has 0 radical (unpaired) electrons. The van der Waals surface area contributed by atoms with Gasteiger partial charge in [0.25, 0.3) is 0 Å². The molecule has 0 aromatic heterocycles. The lowest BCUT2D eigenvalue weighted by Crippen LogP contribution is -2.35. The SMILES string of the molecule is CC(C)C1C=CC(C)(SC[C@H](N)C(=O)O)CC1. The van der Waals surface area contributed by atoms with Crippen molar-refractivity contribution in [2.45, 2.75) is 44.4 Å². The Labute approximate surface area is 108 Å². The molecule has 17 heavy (non-hydrogen) atoms. The number of hydrogen-bond acceptors (Lipinski definition) is 3. The lowest BCUT2D eigenvalue weighted by Gasteiger charge is -2.33. The van der Waals surface area contributed by atoms with Crippen molar-refractivity contribution >= 4 is 17.7 Å². The number of carbonyl (C=O) groups is 1. The van der Waals surface area contributed by atoms with E-state index >= 15 is 0 Å². The van der Waals surface area contributed by atoms with Crippen LogP contribution in [0.15, 0.2) is 12.2 Å². The number of carboxylic acids is 1. The number of carboxylic acid groups (broad SMARTS) is 1. The molecule has 0 bridgehead atoms. The summed E-state index contributed by atoms with van der Waals surface area (Å²) >= 11 is 1.66. The van der Waals surface area contributed by atoms with Gasteiger partial charge in [-0.3, -0.25) is 4.79 Å². The summed E-state index contributed by atoms with van der Waals surface area (Å²) in [6.07, 6.45) is 6.80. The van der Waals surface area contributed by atoms with E-state index in [9.17, 15) is 4.79 Å². The molecule has 3 nitrogen and oxygen atoms in total. The predicted octanol–water partition coefficient (Wildman–Crippen LogP) is 2.51. The van der Waals surface area contributed by atoms with Crippen LogP contribution in [0.25, 0.3) is 0 Å². The van der Waals surface area contributed by atoms with E-state index in [-0.39, 0.29) is 4.75 Å². The monoisotopic (exact) mass is 257 g/mol. The third-order valence-corrected chi connectivity index (χ3v) is 4.96. The Morgan fingerprint density at radius 3 is 2.71 bits per heavy atom. The lowest BCUT2D eigenvalue weighted by atomic mass is 9.83. The van der Waals surface area contributed by atoms with E-state index in [1.807, 2.05) is 0 Å². The van der Waals surface area contributed by atoms with Crippen LogP contribution in [0.3, 0.4) is 0 Å². The van der Waals surface area contributed by atoms with E-state index in [1.54, 1.807) is 11.8 Å². The molecule has 3 N–H and O–H groups in total. The molecule has 0 aliphatic heterocycles. The maximum absolute atomic E-state index is 10.7. The molecule has 4 heteroatoms. The highest BCUT2D eigenvalue weighted by Crippen LogP contribution is 2.38. The fourth-order valence-corrected chi connectivity index (χ4v) is 3.13. The van der Waals surface area contributed by atoms with Gasteiger partial charge in [-0.2, -0.15) is 0 Å². The van der Waals surface area contributed by atoms with Crippen LogP contribution in [-0.2, 0) is 4.79 Å². The van der Waals surface area contributed by atoms with E-state index in [1.165, 1.54) is 6.42 Å². The first kappa shape index (κ1) is 14.6. The van der Waals surface area contributed by atoms with Crippen molar-refractivity contribution in [3.8, 4) is 0 Å². The van der Waals surface area contributed by atoms with E-state index in [4.69, 9.17) is 10.8 Å². The predicted molar refractivity (Wildman–Crippen MR) is 73.2 cm³/mol. The second kappa shape index (κ2) is 5.91. The summed E-state index contributed by atoms with van der Waals surface area (Å²) in [4.78, 5) is 10.7. The van der Waals surface area contributed by atoms with Crippen molar-refractivity contribution in [3.05, 3.63) is 12.2 Å². The van der Waals surface area contributed by atoms with Gasteiger partial charge < -0.3 is 10.8 Å². The van der Waals surface area contributed by atoms with Crippen LogP contribution in [0.4, 0.5) is 0 Å². The summed E-state index contributed by atoms with van der Waals surface area (Å²) < 4.78 is 0.0540. The minimum absolute atomic E-state index is 0.0540. The van der Waals surface area contributed by atoms with Crippen LogP contribution in [0.2, 0.25) is 0 Å². The molecule has 0 fully saturated rings. The Morgan fingerprint density at radius 1 is 1.65 bits per heavy atom. The number of hydrogen-bond donors (Lipinski definition) is 2. The molecule has 0 saturated carbocycles. The van der Waals surface area contributed by atoms with Gasteiger partial charge in [0.2, 0.25) is 0 Å². The molecular formula is C13H23NO2S. The first-order chi connectivity index (χ1) is 7.84. The molecule has 98 valence electrons. The molecule has 0 aromatic rings. The molecule has 3 atom stereocenters. The van der Waals surface area contributed by atoms with Crippen molar-refractivity contribution in [1.82, 2.24) is 0 Å². The molecule has 1 rings (SSSR count). The summed E-state index contributed by atoms with van der Waals surface area (Å²) in [5, 5.41) is 8.75. The third-order valence-electron chi connectivity index (χ3n) is 3.44. The summed E-state index contributed by atoms with van der Waals surface area (Å²) in [7, 11) is 0. The Kier molecular flexibility index (Phi) is 5.07. The van der Waals surface area contributed by atoms with Gasteiger partial charge in [0.15, 0.2) is 0 Å². The van der Waals surface area contributed by atoms with Crippen LogP contribution in [0.5, 0.6) is 0 Å². The Balaban J connectivity index is 2.49.